The second-order valence-electron chi connectivity index (χ2n) is 2.66. The third-order valence-corrected chi connectivity index (χ3v) is 3.67. The Morgan fingerprint density at radius 2 is 2.15 bits per heavy atom. The first kappa shape index (κ1) is 16.6. The molecule has 1 aliphatic rings. The van der Waals surface area contributed by atoms with Crippen molar-refractivity contribution in [2.75, 3.05) is 11.5 Å². The summed E-state index contributed by atoms with van der Waals surface area (Å²) in [4.78, 5) is 0. The molecule has 0 aromatic heterocycles. The minimum Gasteiger partial charge on any atom is -0.147 e. The van der Waals surface area contributed by atoms with Crippen molar-refractivity contribution in [1.82, 2.24) is 0 Å². The molecule has 0 saturated heterocycles. The van der Waals surface area contributed by atoms with Gasteiger partial charge in [0.25, 0.3) is 0 Å². The maximum Gasteiger partial charge on any atom is -0.147 e. The van der Waals surface area contributed by atoms with Gasteiger partial charge in [-0.3, -0.25) is 0 Å². The first-order valence-corrected chi connectivity index (χ1v) is 5.96. The molecule has 75 valence electrons. The van der Waals surface area contributed by atoms with Gasteiger partial charge in [-0.15, -0.1) is 24.8 Å². The van der Waals surface area contributed by atoms with Crippen molar-refractivity contribution in [3.8, 4) is 0 Å². The van der Waals surface area contributed by atoms with Crippen molar-refractivity contribution in [3.63, 3.8) is 0 Å². The fourth-order valence-corrected chi connectivity index (χ4v) is 2.59. The summed E-state index contributed by atoms with van der Waals surface area (Å²) in [6.45, 7) is 2.23. The first-order chi connectivity index (χ1) is 5.34. The molecule has 0 N–H and O–H groups in total. The number of halogens is 2. The second-order valence-corrected chi connectivity index (χ2v) is 4.71. The zero-order valence-electron chi connectivity index (χ0n) is 7.71. The third kappa shape index (κ3) is 6.25. The molecule has 1 aliphatic carbocycles. The van der Waals surface area contributed by atoms with Gasteiger partial charge in [0.1, 0.15) is 0 Å². The Morgan fingerprint density at radius 3 is 2.62 bits per heavy atom. The molecule has 4 heteroatoms. The molecule has 0 spiro atoms. The Morgan fingerprint density at radius 1 is 1.46 bits per heavy atom. The normalized spacial score (nSPS) is 13.8. The van der Waals surface area contributed by atoms with Crippen LogP contribution in [0.2, 0.25) is 0 Å². The fraction of sp³-hybridized carbons (Fsp3) is 0.556. The third-order valence-electron chi connectivity index (χ3n) is 1.63. The summed E-state index contributed by atoms with van der Waals surface area (Å²) in [5, 5.41) is 0. The quantitative estimate of drug-likeness (QED) is 0.556. The topological polar surface area (TPSA) is 0 Å². The van der Waals surface area contributed by atoms with Gasteiger partial charge in [-0.2, -0.15) is 0 Å². The van der Waals surface area contributed by atoms with Crippen LogP contribution in [-0.2, 0) is 20.4 Å². The largest absolute Gasteiger partial charge is 0.147 e. The van der Waals surface area contributed by atoms with E-state index >= 15 is 0 Å². The van der Waals surface area contributed by atoms with Crippen LogP contribution in [0.25, 0.3) is 0 Å². The first-order valence-electron chi connectivity index (χ1n) is 4.02. The van der Waals surface area contributed by atoms with Gasteiger partial charge in [0, 0.05) is 0 Å². The predicted molar refractivity (Wildman–Crippen MR) is 62.9 cm³/mol. The Balaban J connectivity index is 0. The van der Waals surface area contributed by atoms with E-state index in [1.54, 1.807) is 9.45 Å². The average Bonchev–Trinajstić information content (AvgIpc) is 2.37. The van der Waals surface area contributed by atoms with Gasteiger partial charge < -0.3 is 0 Å². The summed E-state index contributed by atoms with van der Waals surface area (Å²) in [6.07, 6.45) is 7.01. The minimum absolute atomic E-state index is 0. The van der Waals surface area contributed by atoms with E-state index in [4.69, 9.17) is 0 Å². The summed E-state index contributed by atoms with van der Waals surface area (Å²) in [5.41, 5.74) is 1.56. The molecule has 0 nitrogen and oxygen atoms in total. The molecule has 0 heterocycles. The van der Waals surface area contributed by atoms with Crippen molar-refractivity contribution in [3.05, 3.63) is 21.6 Å². The van der Waals surface area contributed by atoms with Crippen LogP contribution in [0.3, 0.4) is 0 Å². The monoisotopic (exact) mass is 273 g/mol. The van der Waals surface area contributed by atoms with E-state index < -0.39 is 0 Å². The van der Waals surface area contributed by atoms with Gasteiger partial charge in [-0.05, 0) is 0 Å². The Hall–Kier alpha value is 1.12. The van der Waals surface area contributed by atoms with E-state index in [0.717, 1.165) is 0 Å². The zero-order chi connectivity index (χ0) is 8.10. The zero-order valence-corrected chi connectivity index (χ0v) is 11.7. The molecule has 0 bridgehead atoms. The van der Waals surface area contributed by atoms with E-state index in [0.29, 0.717) is 0 Å². The van der Waals surface area contributed by atoms with E-state index in [1.807, 2.05) is 11.8 Å². The van der Waals surface area contributed by atoms with Gasteiger partial charge in [-0.25, -0.2) is 0 Å². The SMILES string of the molecule is CCCSCC1=[C]([Ti])CC=C1.Cl.Cl. The van der Waals surface area contributed by atoms with Gasteiger partial charge in [0.15, 0.2) is 0 Å². The van der Waals surface area contributed by atoms with Gasteiger partial charge in [0.05, 0.1) is 0 Å². The van der Waals surface area contributed by atoms with Crippen molar-refractivity contribution in [1.29, 1.82) is 0 Å². The summed E-state index contributed by atoms with van der Waals surface area (Å²) in [7, 11) is 0. The molecule has 0 aliphatic heterocycles. The molecular weight excluding hydrogens is 259 g/mol. The molecule has 0 unspecified atom stereocenters. The molecule has 0 saturated carbocycles. The van der Waals surface area contributed by atoms with Crippen LogP contribution in [0.4, 0.5) is 0 Å². The van der Waals surface area contributed by atoms with Crippen molar-refractivity contribution in [2.45, 2.75) is 19.8 Å². The van der Waals surface area contributed by atoms with E-state index in [1.165, 1.54) is 24.3 Å². The number of hydrogen-bond donors (Lipinski definition) is 0. The molecule has 0 aromatic carbocycles. The van der Waals surface area contributed by atoms with Crippen LogP contribution >= 0.6 is 36.6 Å². The van der Waals surface area contributed by atoms with Crippen molar-refractivity contribution in [2.24, 2.45) is 0 Å². The summed E-state index contributed by atoms with van der Waals surface area (Å²) in [5.74, 6) is 2.51. The van der Waals surface area contributed by atoms with Crippen molar-refractivity contribution >= 4 is 36.6 Å². The van der Waals surface area contributed by atoms with E-state index in [9.17, 15) is 0 Å². The molecule has 1 rings (SSSR count). The van der Waals surface area contributed by atoms with Crippen LogP contribution in [0, 0.1) is 0 Å². The van der Waals surface area contributed by atoms with Gasteiger partial charge in [0.2, 0.25) is 0 Å². The predicted octanol–water partition coefficient (Wildman–Crippen LogP) is 3.73. The number of thioether (sulfide) groups is 1. The van der Waals surface area contributed by atoms with Crippen LogP contribution in [-0.4, -0.2) is 11.5 Å². The number of hydrogen-bond acceptors (Lipinski definition) is 1. The molecule has 0 amide bonds. The minimum atomic E-state index is 0. The summed E-state index contributed by atoms with van der Waals surface area (Å²) < 4.78 is 1.56. The maximum atomic E-state index is 2.28. The smallest absolute Gasteiger partial charge is 0.147 e. The fourth-order valence-electron chi connectivity index (χ4n) is 1.01. The van der Waals surface area contributed by atoms with Gasteiger partial charge in [-0.1, -0.05) is 0 Å². The van der Waals surface area contributed by atoms with Crippen LogP contribution < -0.4 is 0 Å². The van der Waals surface area contributed by atoms with Crippen LogP contribution in [0.1, 0.15) is 19.8 Å². The number of rotatable bonds is 4. The Kier molecular flexibility index (Phi) is 12.3. The molecule has 0 radical (unpaired) electrons. The average molecular weight is 274 g/mol. The van der Waals surface area contributed by atoms with Gasteiger partial charge >= 0.3 is 85.1 Å². The number of allylic oxidation sites excluding steroid dienone is 3. The summed E-state index contributed by atoms with van der Waals surface area (Å²) in [6, 6.07) is 0. The van der Waals surface area contributed by atoms with E-state index in [2.05, 4.69) is 39.5 Å². The Labute approximate surface area is 109 Å². The maximum absolute atomic E-state index is 2.28. The van der Waals surface area contributed by atoms with Crippen LogP contribution in [0.15, 0.2) is 21.6 Å². The molecule has 0 atom stereocenters. The van der Waals surface area contributed by atoms with Crippen LogP contribution in [0.5, 0.6) is 0 Å². The molecule has 0 fully saturated rings. The molecular formula is C9H15Cl2STi. The molecule has 0 aromatic rings. The molecule has 13 heavy (non-hydrogen) atoms. The summed E-state index contributed by atoms with van der Waals surface area (Å²) >= 11 is 4.28. The standard InChI is InChI=1S/C9H13S.2ClH.Ti/c1-2-7-10-8-9-5-3-4-6-9;;;/h3,5H,2,4,7-8H2,1H3;2*1H;. The second kappa shape index (κ2) is 9.67. The van der Waals surface area contributed by atoms with Crippen molar-refractivity contribution < 1.29 is 20.4 Å². The van der Waals surface area contributed by atoms with E-state index in [-0.39, 0.29) is 24.8 Å². The Bertz CT molecular complexity index is 190.